The second-order valence-electron chi connectivity index (χ2n) is 4.44. The molecular formula is C11H14F3N3O. The average Bonchev–Trinajstić information content (AvgIpc) is 2.84. The molecule has 0 saturated carbocycles. The molecule has 0 spiro atoms. The van der Waals surface area contributed by atoms with Crippen LogP contribution in [-0.4, -0.2) is 40.7 Å². The average molecular weight is 261 g/mol. The van der Waals surface area contributed by atoms with Gasteiger partial charge in [-0.2, -0.15) is 13.2 Å². The van der Waals surface area contributed by atoms with Gasteiger partial charge in [0.2, 0.25) is 0 Å². The van der Waals surface area contributed by atoms with Crippen molar-refractivity contribution in [1.29, 1.82) is 0 Å². The predicted octanol–water partition coefficient (Wildman–Crippen LogP) is 1.22. The Morgan fingerprint density at radius 2 is 2.22 bits per heavy atom. The fraction of sp³-hybridized carbons (Fsp3) is 0.545. The summed E-state index contributed by atoms with van der Waals surface area (Å²) in [6.07, 6.45) is -2.39. The van der Waals surface area contributed by atoms with E-state index in [9.17, 15) is 18.0 Å². The van der Waals surface area contributed by atoms with Crippen molar-refractivity contribution in [1.82, 2.24) is 9.47 Å². The van der Waals surface area contributed by atoms with Crippen molar-refractivity contribution in [2.45, 2.75) is 25.2 Å². The van der Waals surface area contributed by atoms with Gasteiger partial charge in [0, 0.05) is 25.3 Å². The molecule has 2 N–H and O–H groups in total. The van der Waals surface area contributed by atoms with E-state index in [0.717, 1.165) is 4.57 Å². The molecule has 18 heavy (non-hydrogen) atoms. The highest BCUT2D eigenvalue weighted by atomic mass is 19.4. The molecule has 100 valence electrons. The lowest BCUT2D eigenvalue weighted by Gasteiger charge is -2.18. The van der Waals surface area contributed by atoms with E-state index >= 15 is 0 Å². The van der Waals surface area contributed by atoms with Gasteiger partial charge in [0.05, 0.1) is 0 Å². The van der Waals surface area contributed by atoms with E-state index in [1.165, 1.54) is 23.2 Å². The highest BCUT2D eigenvalue weighted by Crippen LogP contribution is 2.20. The Kier molecular flexibility index (Phi) is 3.34. The van der Waals surface area contributed by atoms with Crippen molar-refractivity contribution >= 4 is 5.91 Å². The van der Waals surface area contributed by atoms with Crippen molar-refractivity contribution in [2.24, 2.45) is 5.73 Å². The van der Waals surface area contributed by atoms with Crippen LogP contribution in [0.1, 0.15) is 16.9 Å². The number of halogens is 3. The smallest absolute Gasteiger partial charge is 0.336 e. The van der Waals surface area contributed by atoms with Crippen LogP contribution in [0.4, 0.5) is 13.2 Å². The number of rotatable bonds is 2. The van der Waals surface area contributed by atoms with Crippen molar-refractivity contribution < 1.29 is 18.0 Å². The Labute approximate surface area is 102 Å². The molecule has 1 saturated heterocycles. The third kappa shape index (κ3) is 2.84. The molecule has 1 aromatic rings. The molecule has 1 aliphatic rings. The number of aromatic nitrogens is 1. The van der Waals surface area contributed by atoms with E-state index < -0.39 is 18.6 Å². The van der Waals surface area contributed by atoms with Crippen LogP contribution < -0.4 is 5.73 Å². The number of hydrogen-bond acceptors (Lipinski definition) is 2. The van der Waals surface area contributed by atoms with Gasteiger partial charge >= 0.3 is 6.18 Å². The number of alkyl halides is 3. The topological polar surface area (TPSA) is 51.3 Å². The molecule has 0 unspecified atom stereocenters. The number of likely N-dealkylation sites (tertiary alicyclic amines) is 1. The van der Waals surface area contributed by atoms with Gasteiger partial charge in [-0.3, -0.25) is 4.79 Å². The van der Waals surface area contributed by atoms with E-state index in [1.807, 2.05) is 0 Å². The largest absolute Gasteiger partial charge is 0.406 e. The summed E-state index contributed by atoms with van der Waals surface area (Å²) in [5.41, 5.74) is 5.73. The van der Waals surface area contributed by atoms with Crippen molar-refractivity contribution in [3.8, 4) is 0 Å². The molecule has 1 amide bonds. The summed E-state index contributed by atoms with van der Waals surface area (Å²) in [7, 11) is 0. The lowest BCUT2D eigenvalue weighted by atomic mass is 10.3. The van der Waals surface area contributed by atoms with Gasteiger partial charge in [-0.15, -0.1) is 0 Å². The van der Waals surface area contributed by atoms with Crippen LogP contribution >= 0.6 is 0 Å². The van der Waals surface area contributed by atoms with E-state index in [4.69, 9.17) is 5.73 Å². The van der Waals surface area contributed by atoms with Gasteiger partial charge < -0.3 is 15.2 Å². The summed E-state index contributed by atoms with van der Waals surface area (Å²) in [4.78, 5) is 13.5. The van der Waals surface area contributed by atoms with Crippen molar-refractivity contribution in [3.63, 3.8) is 0 Å². The van der Waals surface area contributed by atoms with E-state index in [-0.39, 0.29) is 11.7 Å². The quantitative estimate of drug-likeness (QED) is 0.870. The molecule has 2 heterocycles. The van der Waals surface area contributed by atoms with Gasteiger partial charge in [0.1, 0.15) is 12.2 Å². The molecule has 0 aromatic carbocycles. The molecule has 7 heteroatoms. The summed E-state index contributed by atoms with van der Waals surface area (Å²) in [6.45, 7) is -0.256. The second-order valence-corrected chi connectivity index (χ2v) is 4.44. The highest BCUT2D eigenvalue weighted by molar-refractivity contribution is 5.93. The van der Waals surface area contributed by atoms with Crippen molar-refractivity contribution in [2.75, 3.05) is 13.1 Å². The lowest BCUT2D eigenvalue weighted by Crippen LogP contribution is -2.33. The van der Waals surface area contributed by atoms with Gasteiger partial charge in [-0.25, -0.2) is 0 Å². The Morgan fingerprint density at radius 3 is 2.78 bits per heavy atom. The van der Waals surface area contributed by atoms with Crippen molar-refractivity contribution in [3.05, 3.63) is 24.0 Å². The molecule has 0 bridgehead atoms. The second kappa shape index (κ2) is 4.64. The number of hydrogen-bond donors (Lipinski definition) is 1. The molecule has 0 radical (unpaired) electrons. The molecule has 4 nitrogen and oxygen atoms in total. The zero-order chi connectivity index (χ0) is 13.3. The lowest BCUT2D eigenvalue weighted by molar-refractivity contribution is -0.140. The predicted molar refractivity (Wildman–Crippen MR) is 59.0 cm³/mol. The normalized spacial score (nSPS) is 20.4. The van der Waals surface area contributed by atoms with Crippen LogP contribution in [-0.2, 0) is 6.54 Å². The monoisotopic (exact) mass is 261 g/mol. The van der Waals surface area contributed by atoms with Gasteiger partial charge in [-0.1, -0.05) is 0 Å². The standard InChI is InChI=1S/C11H14F3N3O/c12-11(13,14)7-17-4-1-2-9(17)10(18)16-5-3-8(15)6-16/h1-2,4,8H,3,5-7,15H2/t8-/m0/s1. The molecule has 2 rings (SSSR count). The molecule has 1 atom stereocenters. The van der Waals surface area contributed by atoms with Crippen LogP contribution in [0.2, 0.25) is 0 Å². The van der Waals surface area contributed by atoms with E-state index in [2.05, 4.69) is 0 Å². The first kappa shape index (κ1) is 12.9. The zero-order valence-corrected chi connectivity index (χ0v) is 9.65. The van der Waals surface area contributed by atoms with Crippen LogP contribution in [0.25, 0.3) is 0 Å². The Balaban J connectivity index is 2.14. The van der Waals surface area contributed by atoms with Crippen LogP contribution in [0.5, 0.6) is 0 Å². The first-order valence-electron chi connectivity index (χ1n) is 5.63. The molecule has 1 aliphatic heterocycles. The Bertz CT molecular complexity index is 441. The summed E-state index contributed by atoms with van der Waals surface area (Å²) in [5.74, 6) is -0.391. The van der Waals surface area contributed by atoms with Gasteiger partial charge in [-0.05, 0) is 18.6 Å². The molecule has 1 aromatic heterocycles. The fourth-order valence-corrected chi connectivity index (χ4v) is 2.07. The maximum Gasteiger partial charge on any atom is 0.406 e. The molecule has 0 aliphatic carbocycles. The minimum absolute atomic E-state index is 0.0569. The SMILES string of the molecule is N[C@H]1CCN(C(=O)c2cccn2CC(F)(F)F)C1. The molecular weight excluding hydrogens is 247 g/mol. The minimum atomic E-state index is -4.34. The summed E-state index contributed by atoms with van der Waals surface area (Å²) in [6, 6.07) is 2.76. The number of carbonyl (C=O) groups excluding carboxylic acids is 1. The first-order chi connectivity index (χ1) is 8.37. The van der Waals surface area contributed by atoms with E-state index in [1.54, 1.807) is 0 Å². The molecule has 1 fully saturated rings. The number of amides is 1. The summed E-state index contributed by atoms with van der Waals surface area (Å²) in [5, 5.41) is 0. The third-order valence-corrected chi connectivity index (χ3v) is 2.91. The summed E-state index contributed by atoms with van der Waals surface area (Å²) < 4.78 is 37.9. The fourth-order valence-electron chi connectivity index (χ4n) is 2.07. The number of carbonyl (C=O) groups is 1. The maximum absolute atomic E-state index is 12.3. The highest BCUT2D eigenvalue weighted by Gasteiger charge is 2.31. The number of nitrogens with zero attached hydrogens (tertiary/aromatic N) is 2. The van der Waals surface area contributed by atoms with Crippen LogP contribution in [0.15, 0.2) is 18.3 Å². The van der Waals surface area contributed by atoms with Gasteiger partial charge in [0.25, 0.3) is 5.91 Å². The van der Waals surface area contributed by atoms with Crippen LogP contribution in [0.3, 0.4) is 0 Å². The summed E-state index contributed by atoms with van der Waals surface area (Å²) >= 11 is 0. The Morgan fingerprint density at radius 1 is 1.50 bits per heavy atom. The van der Waals surface area contributed by atoms with E-state index in [0.29, 0.717) is 19.5 Å². The number of nitrogens with two attached hydrogens (primary N) is 1. The van der Waals surface area contributed by atoms with Crippen LogP contribution in [0, 0.1) is 0 Å². The zero-order valence-electron chi connectivity index (χ0n) is 9.65. The third-order valence-electron chi connectivity index (χ3n) is 2.91. The maximum atomic E-state index is 12.3. The first-order valence-corrected chi connectivity index (χ1v) is 5.63. The van der Waals surface area contributed by atoms with Gasteiger partial charge in [0.15, 0.2) is 0 Å². The Hall–Kier alpha value is -1.50. The minimum Gasteiger partial charge on any atom is -0.336 e.